The molecule has 0 spiro atoms. The van der Waals surface area contributed by atoms with Gasteiger partial charge in [-0.25, -0.2) is 8.42 Å². The summed E-state index contributed by atoms with van der Waals surface area (Å²) in [6, 6.07) is 7.49. The lowest BCUT2D eigenvalue weighted by Gasteiger charge is -2.19. The number of nitrogens with one attached hydrogen (secondary N) is 1. The highest BCUT2D eigenvalue weighted by Crippen LogP contribution is 2.29. The number of aromatic nitrogens is 2. The molecule has 0 atom stereocenters. The van der Waals surface area contributed by atoms with Crippen molar-refractivity contribution in [1.29, 1.82) is 0 Å². The molecular weight excluding hydrogens is 316 g/mol. The van der Waals surface area contributed by atoms with E-state index in [0.717, 1.165) is 17.7 Å². The van der Waals surface area contributed by atoms with Crippen LogP contribution in [0.2, 0.25) is 0 Å². The summed E-state index contributed by atoms with van der Waals surface area (Å²) in [6.07, 6.45) is 3.75. The highest BCUT2D eigenvalue weighted by Gasteiger charge is 2.28. The molecule has 7 nitrogen and oxygen atoms in total. The van der Waals surface area contributed by atoms with Gasteiger partial charge in [-0.3, -0.25) is 13.8 Å². The second kappa shape index (κ2) is 6.04. The van der Waals surface area contributed by atoms with Gasteiger partial charge in [-0.15, -0.1) is 0 Å². The number of benzene rings is 1. The first-order valence-corrected chi connectivity index (χ1v) is 8.93. The van der Waals surface area contributed by atoms with Crippen molar-refractivity contribution in [2.45, 2.75) is 6.42 Å². The second-order valence-corrected chi connectivity index (χ2v) is 7.44. The number of nitrogens with zero attached hydrogens (tertiary/aromatic N) is 3. The first kappa shape index (κ1) is 15.5. The number of para-hydroxylation sites is 1. The number of fused-ring (bicyclic) bond motifs is 1. The third-order valence-electron chi connectivity index (χ3n) is 3.79. The summed E-state index contributed by atoms with van der Waals surface area (Å²) in [5.74, 6) is -0.456. The Morgan fingerprint density at radius 1 is 1.35 bits per heavy atom. The molecule has 0 saturated heterocycles. The molecule has 0 fully saturated rings. The Balaban J connectivity index is 1.61. The van der Waals surface area contributed by atoms with Crippen LogP contribution in [0, 0.1) is 0 Å². The summed E-state index contributed by atoms with van der Waals surface area (Å²) in [7, 11) is -1.73. The van der Waals surface area contributed by atoms with Gasteiger partial charge < -0.3 is 5.32 Å². The molecule has 1 amide bonds. The molecule has 0 bridgehead atoms. The molecule has 1 aliphatic heterocycles. The third-order valence-corrected chi connectivity index (χ3v) is 5.56. The van der Waals surface area contributed by atoms with E-state index in [1.165, 1.54) is 15.2 Å². The molecule has 0 unspecified atom stereocenters. The Kier molecular flexibility index (Phi) is 4.08. The van der Waals surface area contributed by atoms with Gasteiger partial charge in [-0.2, -0.15) is 5.10 Å². The molecule has 2 aromatic rings. The zero-order valence-electron chi connectivity index (χ0n) is 12.8. The summed E-state index contributed by atoms with van der Waals surface area (Å²) in [5, 5.41) is 6.53. The van der Waals surface area contributed by atoms with Crippen molar-refractivity contribution in [3.05, 3.63) is 47.8 Å². The number of aryl methyl sites for hydroxylation is 1. The molecule has 0 saturated carbocycles. The quantitative estimate of drug-likeness (QED) is 0.865. The lowest BCUT2D eigenvalue weighted by molar-refractivity contribution is 0.0956. The van der Waals surface area contributed by atoms with Crippen LogP contribution < -0.4 is 9.62 Å². The highest BCUT2D eigenvalue weighted by molar-refractivity contribution is 7.92. The first-order chi connectivity index (χ1) is 11.0. The Morgan fingerprint density at radius 2 is 2.13 bits per heavy atom. The number of rotatable bonds is 5. The minimum atomic E-state index is -3.45. The fraction of sp³-hybridized carbons (Fsp3) is 0.333. The zero-order chi connectivity index (χ0) is 16.4. The van der Waals surface area contributed by atoms with E-state index in [-0.39, 0.29) is 18.2 Å². The SMILES string of the molecule is Cn1cc(C(=O)NCCS(=O)(=O)N2CCc3ccccc32)cn1. The van der Waals surface area contributed by atoms with Crippen LogP contribution in [-0.4, -0.2) is 42.9 Å². The van der Waals surface area contributed by atoms with E-state index in [9.17, 15) is 13.2 Å². The first-order valence-electron chi connectivity index (χ1n) is 7.32. The van der Waals surface area contributed by atoms with Crippen molar-refractivity contribution in [1.82, 2.24) is 15.1 Å². The molecule has 1 N–H and O–H groups in total. The van der Waals surface area contributed by atoms with E-state index in [1.807, 2.05) is 24.3 Å². The molecule has 8 heteroatoms. The van der Waals surface area contributed by atoms with Crippen molar-refractivity contribution >= 4 is 21.6 Å². The number of hydrogen-bond acceptors (Lipinski definition) is 4. The van der Waals surface area contributed by atoms with Crippen LogP contribution in [0.25, 0.3) is 0 Å². The zero-order valence-corrected chi connectivity index (χ0v) is 13.6. The molecule has 0 radical (unpaired) electrons. The average Bonchev–Trinajstić information content (AvgIpc) is 3.13. The highest BCUT2D eigenvalue weighted by atomic mass is 32.2. The van der Waals surface area contributed by atoms with Crippen LogP contribution in [0.4, 0.5) is 5.69 Å². The van der Waals surface area contributed by atoms with Crippen LogP contribution in [0.15, 0.2) is 36.7 Å². The summed E-state index contributed by atoms with van der Waals surface area (Å²) < 4.78 is 27.9. The van der Waals surface area contributed by atoms with Crippen LogP contribution in [0.3, 0.4) is 0 Å². The number of carbonyl (C=O) groups is 1. The van der Waals surface area contributed by atoms with Gasteiger partial charge in [0.05, 0.1) is 23.2 Å². The number of carbonyl (C=O) groups excluding carboxylic acids is 1. The lowest BCUT2D eigenvalue weighted by atomic mass is 10.2. The van der Waals surface area contributed by atoms with E-state index in [0.29, 0.717) is 12.1 Å². The Labute approximate surface area is 135 Å². The Bertz CT molecular complexity index is 829. The van der Waals surface area contributed by atoms with E-state index < -0.39 is 10.0 Å². The number of sulfonamides is 1. The van der Waals surface area contributed by atoms with E-state index >= 15 is 0 Å². The van der Waals surface area contributed by atoms with E-state index in [4.69, 9.17) is 0 Å². The maximum absolute atomic E-state index is 12.5. The standard InChI is InChI=1S/C15H18N4O3S/c1-18-11-13(10-17-18)15(20)16-7-9-23(21,22)19-8-6-12-4-2-3-5-14(12)19/h2-5,10-11H,6-9H2,1H3,(H,16,20). The molecule has 122 valence electrons. The van der Waals surface area contributed by atoms with Crippen LogP contribution in [-0.2, 0) is 23.5 Å². The molecular formula is C15H18N4O3S. The van der Waals surface area contributed by atoms with Gasteiger partial charge in [0.2, 0.25) is 10.0 Å². The smallest absolute Gasteiger partial charge is 0.254 e. The van der Waals surface area contributed by atoms with Crippen LogP contribution in [0.1, 0.15) is 15.9 Å². The fourth-order valence-corrected chi connectivity index (χ4v) is 4.07. The van der Waals surface area contributed by atoms with Gasteiger partial charge in [0, 0.05) is 26.3 Å². The number of amides is 1. The van der Waals surface area contributed by atoms with E-state index in [2.05, 4.69) is 10.4 Å². The van der Waals surface area contributed by atoms with Crippen molar-refractivity contribution in [3.8, 4) is 0 Å². The predicted octanol–water partition coefficient (Wildman–Crippen LogP) is 0.542. The van der Waals surface area contributed by atoms with Crippen molar-refractivity contribution in [3.63, 3.8) is 0 Å². The molecule has 0 aliphatic carbocycles. The molecule has 1 aromatic heterocycles. The number of anilines is 1. The van der Waals surface area contributed by atoms with Crippen LogP contribution in [0.5, 0.6) is 0 Å². The fourth-order valence-electron chi connectivity index (χ4n) is 2.64. The Hall–Kier alpha value is -2.35. The Morgan fingerprint density at radius 3 is 2.87 bits per heavy atom. The average molecular weight is 334 g/mol. The monoisotopic (exact) mass is 334 g/mol. The van der Waals surface area contributed by atoms with Gasteiger partial charge in [-0.05, 0) is 18.1 Å². The maximum atomic E-state index is 12.5. The molecule has 3 rings (SSSR count). The van der Waals surface area contributed by atoms with Gasteiger partial charge in [0.25, 0.3) is 5.91 Å². The van der Waals surface area contributed by atoms with E-state index in [1.54, 1.807) is 13.2 Å². The normalized spacial score (nSPS) is 13.9. The largest absolute Gasteiger partial charge is 0.351 e. The number of hydrogen-bond donors (Lipinski definition) is 1. The molecule has 2 heterocycles. The van der Waals surface area contributed by atoms with Gasteiger partial charge in [-0.1, -0.05) is 18.2 Å². The summed E-state index contributed by atoms with van der Waals surface area (Å²) in [6.45, 7) is 0.521. The minimum Gasteiger partial charge on any atom is -0.351 e. The van der Waals surface area contributed by atoms with Gasteiger partial charge in [0.1, 0.15) is 0 Å². The van der Waals surface area contributed by atoms with Gasteiger partial charge >= 0.3 is 0 Å². The third kappa shape index (κ3) is 3.21. The van der Waals surface area contributed by atoms with Crippen molar-refractivity contribution < 1.29 is 13.2 Å². The maximum Gasteiger partial charge on any atom is 0.254 e. The minimum absolute atomic E-state index is 0.0642. The van der Waals surface area contributed by atoms with Crippen molar-refractivity contribution in [2.75, 3.05) is 23.1 Å². The van der Waals surface area contributed by atoms with Gasteiger partial charge in [0.15, 0.2) is 0 Å². The molecule has 1 aliphatic rings. The van der Waals surface area contributed by atoms with Crippen LogP contribution >= 0.6 is 0 Å². The lowest BCUT2D eigenvalue weighted by Crippen LogP contribution is -2.36. The summed E-state index contributed by atoms with van der Waals surface area (Å²) in [4.78, 5) is 11.9. The molecule has 1 aromatic carbocycles. The second-order valence-electron chi connectivity index (χ2n) is 5.43. The predicted molar refractivity (Wildman–Crippen MR) is 86.8 cm³/mol. The summed E-state index contributed by atoms with van der Waals surface area (Å²) >= 11 is 0. The topological polar surface area (TPSA) is 84.3 Å². The van der Waals surface area contributed by atoms with Crippen molar-refractivity contribution in [2.24, 2.45) is 7.05 Å². The molecule has 23 heavy (non-hydrogen) atoms. The summed E-state index contributed by atoms with van der Waals surface area (Å²) in [5.41, 5.74) is 2.19.